The summed E-state index contributed by atoms with van der Waals surface area (Å²) in [6.07, 6.45) is 5.08. The maximum absolute atomic E-state index is 13.7. The van der Waals surface area contributed by atoms with Crippen molar-refractivity contribution >= 4 is 28.7 Å². The molecule has 6 rings (SSSR count). The number of aromatic nitrogens is 4. The zero-order chi connectivity index (χ0) is 23.1. The number of morpholine rings is 1. The van der Waals surface area contributed by atoms with Gasteiger partial charge in [-0.25, -0.2) is 9.97 Å². The van der Waals surface area contributed by atoms with E-state index in [0.29, 0.717) is 29.5 Å². The molecule has 8 nitrogen and oxygen atoms in total. The third kappa shape index (κ3) is 3.99. The number of hydrogen-bond donors (Lipinski definition) is 1. The standard InChI is InChI=1S/C25H30N6O2S/c1-17-22-19(24(32)27-15-25(7-13-34-16-25)30-9-11-33-12-10-30)14-20(18-5-6-18)28-23(22)31(29-17)21-4-2-3-8-26-21/h2-4,8,14,18H,5-7,9-13,15-16H2,1H3,(H,27,32). The van der Waals surface area contributed by atoms with E-state index in [9.17, 15) is 4.79 Å². The van der Waals surface area contributed by atoms with Gasteiger partial charge in [0.2, 0.25) is 0 Å². The molecule has 0 aromatic carbocycles. The summed E-state index contributed by atoms with van der Waals surface area (Å²) in [5.41, 5.74) is 3.16. The SMILES string of the molecule is Cc1nn(-c2ccccn2)c2nc(C3CC3)cc(C(=O)NCC3(N4CCOCC4)CCSC3)c12. The molecule has 3 aromatic heterocycles. The Morgan fingerprint density at radius 1 is 1.29 bits per heavy atom. The van der Waals surface area contributed by atoms with Gasteiger partial charge in [-0.15, -0.1) is 0 Å². The van der Waals surface area contributed by atoms with E-state index in [1.54, 1.807) is 10.9 Å². The molecule has 0 bridgehead atoms. The molecule has 3 fully saturated rings. The van der Waals surface area contributed by atoms with Crippen molar-refractivity contribution < 1.29 is 9.53 Å². The molecule has 1 N–H and O–H groups in total. The smallest absolute Gasteiger partial charge is 0.252 e. The molecule has 3 aromatic rings. The number of carbonyl (C=O) groups excluding carboxylic acids is 1. The number of carbonyl (C=O) groups is 1. The number of hydrogen-bond acceptors (Lipinski definition) is 7. The third-order valence-electron chi connectivity index (χ3n) is 7.28. The largest absolute Gasteiger partial charge is 0.379 e. The van der Waals surface area contributed by atoms with Crippen molar-refractivity contribution in [2.24, 2.45) is 0 Å². The van der Waals surface area contributed by atoms with Crippen molar-refractivity contribution in [2.75, 3.05) is 44.4 Å². The summed E-state index contributed by atoms with van der Waals surface area (Å²) in [5, 5.41) is 8.87. The molecular weight excluding hydrogens is 448 g/mol. The molecule has 34 heavy (non-hydrogen) atoms. The molecule has 1 aliphatic carbocycles. The predicted molar refractivity (Wildman–Crippen MR) is 133 cm³/mol. The first-order valence-corrected chi connectivity index (χ1v) is 13.3. The lowest BCUT2D eigenvalue weighted by molar-refractivity contribution is -0.0129. The summed E-state index contributed by atoms with van der Waals surface area (Å²) in [6.45, 7) is 5.98. The van der Waals surface area contributed by atoms with Gasteiger partial charge in [0.05, 0.1) is 29.9 Å². The average Bonchev–Trinajstić information content (AvgIpc) is 3.53. The van der Waals surface area contributed by atoms with Gasteiger partial charge in [0.1, 0.15) is 0 Å². The Bertz CT molecular complexity index is 1200. The Kier molecular flexibility index (Phi) is 5.79. The Balaban J connectivity index is 1.35. The molecule has 1 atom stereocenters. The maximum Gasteiger partial charge on any atom is 0.252 e. The molecule has 3 aliphatic rings. The van der Waals surface area contributed by atoms with Crippen LogP contribution >= 0.6 is 11.8 Å². The summed E-state index contributed by atoms with van der Waals surface area (Å²) in [7, 11) is 0. The number of thioether (sulfide) groups is 1. The fraction of sp³-hybridized carbons (Fsp3) is 0.520. The minimum absolute atomic E-state index is 0.00274. The minimum atomic E-state index is -0.0393. The van der Waals surface area contributed by atoms with Crippen LogP contribution in [0.15, 0.2) is 30.5 Å². The van der Waals surface area contributed by atoms with Crippen molar-refractivity contribution in [3.05, 3.63) is 47.4 Å². The molecule has 1 saturated carbocycles. The molecule has 2 aliphatic heterocycles. The molecule has 0 radical (unpaired) electrons. The molecule has 1 amide bonds. The van der Waals surface area contributed by atoms with E-state index in [0.717, 1.165) is 73.8 Å². The van der Waals surface area contributed by atoms with Crippen LogP contribution in [0, 0.1) is 6.92 Å². The molecule has 5 heterocycles. The van der Waals surface area contributed by atoms with Crippen molar-refractivity contribution in [2.45, 2.75) is 37.6 Å². The van der Waals surface area contributed by atoms with Gasteiger partial charge >= 0.3 is 0 Å². The minimum Gasteiger partial charge on any atom is -0.379 e. The predicted octanol–water partition coefficient (Wildman–Crippen LogP) is 2.94. The number of aryl methyl sites for hydroxylation is 1. The summed E-state index contributed by atoms with van der Waals surface area (Å²) in [4.78, 5) is 25.6. The van der Waals surface area contributed by atoms with Crippen LogP contribution < -0.4 is 5.32 Å². The van der Waals surface area contributed by atoms with Crippen LogP contribution in [-0.4, -0.2) is 80.4 Å². The van der Waals surface area contributed by atoms with Crippen LogP contribution in [0.3, 0.4) is 0 Å². The zero-order valence-electron chi connectivity index (χ0n) is 19.5. The van der Waals surface area contributed by atoms with Crippen LogP contribution in [0.5, 0.6) is 0 Å². The zero-order valence-corrected chi connectivity index (χ0v) is 20.3. The Morgan fingerprint density at radius 2 is 2.15 bits per heavy atom. The molecular formula is C25H30N6O2S. The van der Waals surface area contributed by atoms with E-state index in [1.807, 2.05) is 43.0 Å². The molecule has 9 heteroatoms. The van der Waals surface area contributed by atoms with Gasteiger partial charge in [0, 0.05) is 48.7 Å². The first-order chi connectivity index (χ1) is 16.6. The summed E-state index contributed by atoms with van der Waals surface area (Å²) in [6, 6.07) is 7.74. The lowest BCUT2D eigenvalue weighted by atomic mass is 9.95. The fourth-order valence-corrected chi connectivity index (χ4v) is 6.67. The summed E-state index contributed by atoms with van der Waals surface area (Å²) in [5.74, 6) is 3.27. The summed E-state index contributed by atoms with van der Waals surface area (Å²) < 4.78 is 7.36. The molecule has 2 saturated heterocycles. The number of fused-ring (bicyclic) bond motifs is 1. The second-order valence-corrected chi connectivity index (χ2v) is 10.7. The number of rotatable bonds is 6. The first kappa shape index (κ1) is 22.0. The van der Waals surface area contributed by atoms with E-state index in [4.69, 9.17) is 14.8 Å². The highest BCUT2D eigenvalue weighted by Crippen LogP contribution is 2.41. The van der Waals surface area contributed by atoms with Gasteiger partial charge in [-0.2, -0.15) is 21.5 Å². The van der Waals surface area contributed by atoms with E-state index in [1.165, 1.54) is 0 Å². The first-order valence-electron chi connectivity index (χ1n) is 12.2. The van der Waals surface area contributed by atoms with Gasteiger partial charge in [0.15, 0.2) is 11.5 Å². The average molecular weight is 479 g/mol. The van der Waals surface area contributed by atoms with Crippen LogP contribution in [0.4, 0.5) is 0 Å². The van der Waals surface area contributed by atoms with Crippen LogP contribution in [0.1, 0.15) is 46.9 Å². The molecule has 1 unspecified atom stereocenters. The van der Waals surface area contributed by atoms with E-state index in [-0.39, 0.29) is 11.4 Å². The molecule has 178 valence electrons. The second-order valence-electron chi connectivity index (χ2n) is 9.56. The lowest BCUT2D eigenvalue weighted by Gasteiger charge is -2.43. The quantitative estimate of drug-likeness (QED) is 0.583. The van der Waals surface area contributed by atoms with Gasteiger partial charge in [-0.1, -0.05) is 6.07 Å². The number of nitrogens with zero attached hydrogens (tertiary/aromatic N) is 5. The number of amides is 1. The van der Waals surface area contributed by atoms with E-state index < -0.39 is 0 Å². The highest BCUT2D eigenvalue weighted by molar-refractivity contribution is 7.99. The van der Waals surface area contributed by atoms with Crippen molar-refractivity contribution in [1.29, 1.82) is 0 Å². The second kappa shape index (κ2) is 8.94. The Morgan fingerprint density at radius 3 is 2.85 bits per heavy atom. The van der Waals surface area contributed by atoms with Gasteiger partial charge in [0.25, 0.3) is 5.91 Å². The fourth-order valence-electron chi connectivity index (χ4n) is 5.19. The topological polar surface area (TPSA) is 85.2 Å². The van der Waals surface area contributed by atoms with Gasteiger partial charge < -0.3 is 10.1 Å². The molecule has 0 spiro atoms. The highest BCUT2D eigenvalue weighted by atomic mass is 32.2. The van der Waals surface area contributed by atoms with Gasteiger partial charge in [-0.3, -0.25) is 9.69 Å². The normalized spacial score (nSPS) is 23.4. The number of pyridine rings is 2. The highest BCUT2D eigenvalue weighted by Gasteiger charge is 2.41. The van der Waals surface area contributed by atoms with E-state index in [2.05, 4.69) is 15.2 Å². The summed E-state index contributed by atoms with van der Waals surface area (Å²) >= 11 is 1.98. The number of ether oxygens (including phenoxy) is 1. The van der Waals surface area contributed by atoms with Gasteiger partial charge in [-0.05, 0) is 50.1 Å². The third-order valence-corrected chi connectivity index (χ3v) is 8.52. The number of nitrogens with one attached hydrogen (secondary N) is 1. The lowest BCUT2D eigenvalue weighted by Crippen LogP contribution is -2.59. The van der Waals surface area contributed by atoms with E-state index >= 15 is 0 Å². The monoisotopic (exact) mass is 478 g/mol. The Labute approximate surface area is 203 Å². The maximum atomic E-state index is 13.7. The van der Waals surface area contributed by atoms with Crippen molar-refractivity contribution in [3.63, 3.8) is 0 Å². The van der Waals surface area contributed by atoms with Crippen molar-refractivity contribution in [3.8, 4) is 5.82 Å². The van der Waals surface area contributed by atoms with Crippen molar-refractivity contribution in [1.82, 2.24) is 30.0 Å². The van der Waals surface area contributed by atoms with Crippen LogP contribution in [0.2, 0.25) is 0 Å². The Hall–Kier alpha value is -2.49. The van der Waals surface area contributed by atoms with Crippen LogP contribution in [0.25, 0.3) is 16.9 Å². The van der Waals surface area contributed by atoms with Crippen LogP contribution in [-0.2, 0) is 4.74 Å².